The van der Waals surface area contributed by atoms with Crippen LogP contribution in [0.5, 0.6) is 5.75 Å². The van der Waals surface area contributed by atoms with E-state index in [1.807, 2.05) is 36.4 Å². The third-order valence-electron chi connectivity index (χ3n) is 4.10. The van der Waals surface area contributed by atoms with E-state index in [9.17, 15) is 0 Å². The van der Waals surface area contributed by atoms with Gasteiger partial charge in [-0.2, -0.15) is 0 Å². The Hall–Kier alpha value is -1.78. The second-order valence-corrected chi connectivity index (χ2v) is 6.31. The number of thiocarbonyl (C=S) groups is 1. The molecule has 1 heterocycles. The predicted octanol–water partition coefficient (Wildman–Crippen LogP) is 3.85. The van der Waals surface area contributed by atoms with Crippen molar-refractivity contribution >= 4 is 34.5 Å². The summed E-state index contributed by atoms with van der Waals surface area (Å²) in [5.74, 6) is 0.851. The van der Waals surface area contributed by atoms with Crippen LogP contribution in [0.3, 0.4) is 0 Å². The second-order valence-electron chi connectivity index (χ2n) is 5.48. The van der Waals surface area contributed by atoms with Gasteiger partial charge in [-0.25, -0.2) is 0 Å². The highest BCUT2D eigenvalue weighted by molar-refractivity contribution is 7.80. The van der Waals surface area contributed by atoms with Crippen LogP contribution in [0.15, 0.2) is 48.5 Å². The number of nitrogens with zero attached hydrogens (tertiary/aromatic N) is 2. The fourth-order valence-corrected chi connectivity index (χ4v) is 3.18. The maximum absolute atomic E-state index is 5.95. The molecule has 1 fully saturated rings. The fraction of sp³-hybridized carbons (Fsp3) is 0.278. The highest BCUT2D eigenvalue weighted by atomic mass is 35.5. The quantitative estimate of drug-likeness (QED) is 0.784. The number of rotatable bonds is 3. The van der Waals surface area contributed by atoms with Gasteiger partial charge < -0.3 is 14.5 Å². The van der Waals surface area contributed by atoms with Gasteiger partial charge >= 0.3 is 0 Å². The molecule has 0 saturated carbocycles. The van der Waals surface area contributed by atoms with Crippen molar-refractivity contribution in [3.63, 3.8) is 0 Å². The fourth-order valence-electron chi connectivity index (χ4n) is 2.74. The molecule has 0 N–H and O–H groups in total. The standard InChI is InChI=1S/C18H19ClN2OS/c1-22-17-8-2-14(3-9-17)18(23)21-12-10-20(11-13-21)16-6-4-15(19)5-7-16/h2-9H,10-13H2,1H3. The van der Waals surface area contributed by atoms with Crippen LogP contribution in [0.25, 0.3) is 0 Å². The lowest BCUT2D eigenvalue weighted by Crippen LogP contribution is -2.48. The van der Waals surface area contributed by atoms with Gasteiger partial charge in [0, 0.05) is 42.5 Å². The van der Waals surface area contributed by atoms with Crippen LogP contribution < -0.4 is 9.64 Å². The summed E-state index contributed by atoms with van der Waals surface area (Å²) in [6.07, 6.45) is 0. The molecule has 0 radical (unpaired) electrons. The second kappa shape index (κ2) is 7.20. The molecule has 1 aliphatic rings. The van der Waals surface area contributed by atoms with Gasteiger partial charge in [0.1, 0.15) is 10.7 Å². The molecule has 0 spiro atoms. The lowest BCUT2D eigenvalue weighted by molar-refractivity contribution is 0.392. The zero-order valence-electron chi connectivity index (χ0n) is 13.0. The number of halogens is 1. The number of benzene rings is 2. The molecule has 3 rings (SSSR count). The third-order valence-corrected chi connectivity index (χ3v) is 4.84. The summed E-state index contributed by atoms with van der Waals surface area (Å²) in [5, 5.41) is 0.771. The van der Waals surface area contributed by atoms with Crippen molar-refractivity contribution in [3.8, 4) is 5.75 Å². The first kappa shape index (κ1) is 16.1. The van der Waals surface area contributed by atoms with Gasteiger partial charge in [-0.3, -0.25) is 0 Å². The summed E-state index contributed by atoms with van der Waals surface area (Å²) in [6.45, 7) is 3.76. The van der Waals surface area contributed by atoms with Crippen LogP contribution in [0.4, 0.5) is 5.69 Å². The molecule has 0 atom stereocenters. The molecule has 1 saturated heterocycles. The molecular weight excluding hydrogens is 328 g/mol. The first-order valence-corrected chi connectivity index (χ1v) is 8.40. The molecule has 1 aliphatic heterocycles. The number of methoxy groups -OCH3 is 1. The molecule has 120 valence electrons. The highest BCUT2D eigenvalue weighted by Gasteiger charge is 2.20. The molecule has 2 aromatic rings. The van der Waals surface area contributed by atoms with Gasteiger partial charge in [-0.05, 0) is 48.5 Å². The predicted molar refractivity (Wildman–Crippen MR) is 99.9 cm³/mol. The molecule has 23 heavy (non-hydrogen) atoms. The van der Waals surface area contributed by atoms with Gasteiger partial charge in [0.15, 0.2) is 0 Å². The van der Waals surface area contributed by atoms with Gasteiger partial charge in [0.25, 0.3) is 0 Å². The first-order valence-electron chi connectivity index (χ1n) is 7.61. The summed E-state index contributed by atoms with van der Waals surface area (Å²) in [5.41, 5.74) is 2.28. The minimum atomic E-state index is 0.771. The average Bonchev–Trinajstić information content (AvgIpc) is 2.62. The van der Waals surface area contributed by atoms with Crippen molar-refractivity contribution in [1.29, 1.82) is 0 Å². The van der Waals surface area contributed by atoms with E-state index >= 15 is 0 Å². The van der Waals surface area contributed by atoms with Crippen molar-refractivity contribution in [2.24, 2.45) is 0 Å². The topological polar surface area (TPSA) is 15.7 Å². The Bertz CT molecular complexity index is 664. The lowest BCUT2D eigenvalue weighted by atomic mass is 10.1. The summed E-state index contributed by atoms with van der Waals surface area (Å²) in [6, 6.07) is 16.0. The first-order chi connectivity index (χ1) is 11.2. The Morgan fingerprint density at radius 3 is 2.13 bits per heavy atom. The minimum Gasteiger partial charge on any atom is -0.497 e. The molecule has 5 heteroatoms. The van der Waals surface area contributed by atoms with Crippen molar-refractivity contribution in [1.82, 2.24) is 4.90 Å². The maximum atomic E-state index is 5.95. The molecule has 0 unspecified atom stereocenters. The van der Waals surface area contributed by atoms with Crippen molar-refractivity contribution in [2.45, 2.75) is 0 Å². The monoisotopic (exact) mass is 346 g/mol. The lowest BCUT2D eigenvalue weighted by Gasteiger charge is -2.37. The molecular formula is C18H19ClN2OS. The Morgan fingerprint density at radius 2 is 1.57 bits per heavy atom. The Morgan fingerprint density at radius 1 is 0.957 bits per heavy atom. The van der Waals surface area contributed by atoms with E-state index in [1.54, 1.807) is 7.11 Å². The zero-order chi connectivity index (χ0) is 16.2. The average molecular weight is 347 g/mol. The molecule has 2 aromatic carbocycles. The smallest absolute Gasteiger partial charge is 0.118 e. The van der Waals surface area contributed by atoms with Crippen molar-refractivity contribution < 1.29 is 4.74 Å². The van der Waals surface area contributed by atoms with E-state index in [2.05, 4.69) is 21.9 Å². The van der Waals surface area contributed by atoms with Gasteiger partial charge in [0.05, 0.1) is 7.11 Å². The molecule has 0 aliphatic carbocycles. The Balaban J connectivity index is 1.61. The number of anilines is 1. The highest BCUT2D eigenvalue weighted by Crippen LogP contribution is 2.21. The third kappa shape index (κ3) is 3.77. The SMILES string of the molecule is COc1ccc(C(=S)N2CCN(c3ccc(Cl)cc3)CC2)cc1. The molecule has 0 bridgehead atoms. The normalized spacial score (nSPS) is 14.7. The largest absolute Gasteiger partial charge is 0.497 e. The number of piperazine rings is 1. The van der Waals surface area contributed by atoms with E-state index in [4.69, 9.17) is 28.6 Å². The van der Waals surface area contributed by atoms with E-state index in [1.165, 1.54) is 5.69 Å². The van der Waals surface area contributed by atoms with Crippen molar-refractivity contribution in [3.05, 3.63) is 59.1 Å². The Labute approximate surface area is 147 Å². The summed E-state index contributed by atoms with van der Waals surface area (Å²) >= 11 is 11.6. The van der Waals surface area contributed by atoms with Crippen molar-refractivity contribution in [2.75, 3.05) is 38.2 Å². The van der Waals surface area contributed by atoms with E-state index in [0.717, 1.165) is 47.5 Å². The van der Waals surface area contributed by atoms with E-state index in [-0.39, 0.29) is 0 Å². The molecule has 0 amide bonds. The summed E-state index contributed by atoms with van der Waals surface area (Å²) in [7, 11) is 1.67. The van der Waals surface area contributed by atoms with Gasteiger partial charge in [-0.15, -0.1) is 0 Å². The summed E-state index contributed by atoms with van der Waals surface area (Å²) in [4.78, 5) is 5.54. The number of ether oxygens (including phenoxy) is 1. The Kier molecular flexibility index (Phi) is 5.03. The van der Waals surface area contributed by atoms with Gasteiger partial charge in [0.2, 0.25) is 0 Å². The van der Waals surface area contributed by atoms with Gasteiger partial charge in [-0.1, -0.05) is 23.8 Å². The summed E-state index contributed by atoms with van der Waals surface area (Å²) < 4.78 is 5.19. The zero-order valence-corrected chi connectivity index (χ0v) is 14.6. The number of hydrogen-bond acceptors (Lipinski definition) is 3. The van der Waals surface area contributed by atoms with E-state index in [0.29, 0.717) is 0 Å². The molecule has 0 aromatic heterocycles. The van der Waals surface area contributed by atoms with Crippen LogP contribution in [-0.4, -0.2) is 43.2 Å². The van der Waals surface area contributed by atoms with Crippen LogP contribution in [0, 0.1) is 0 Å². The van der Waals surface area contributed by atoms with Crippen LogP contribution >= 0.6 is 23.8 Å². The van der Waals surface area contributed by atoms with Crippen LogP contribution in [-0.2, 0) is 0 Å². The maximum Gasteiger partial charge on any atom is 0.118 e. The van der Waals surface area contributed by atoms with Crippen LogP contribution in [0.2, 0.25) is 5.02 Å². The minimum absolute atomic E-state index is 0.771. The molecule has 3 nitrogen and oxygen atoms in total. The number of hydrogen-bond donors (Lipinski definition) is 0. The van der Waals surface area contributed by atoms with Crippen LogP contribution in [0.1, 0.15) is 5.56 Å². The van der Waals surface area contributed by atoms with E-state index < -0.39 is 0 Å².